The van der Waals surface area contributed by atoms with Crippen molar-refractivity contribution < 1.29 is 27.1 Å². The lowest BCUT2D eigenvalue weighted by Gasteiger charge is -2.24. The first-order valence-electron chi connectivity index (χ1n) is 8.38. The van der Waals surface area contributed by atoms with Crippen molar-refractivity contribution in [1.29, 1.82) is 10.5 Å². The van der Waals surface area contributed by atoms with Crippen LogP contribution >= 0.6 is 11.8 Å². The van der Waals surface area contributed by atoms with Crippen LogP contribution < -0.4 is 10.1 Å². The monoisotopic (exact) mass is 437 g/mol. The average Bonchev–Trinajstić information content (AvgIpc) is 2.72. The van der Waals surface area contributed by atoms with E-state index >= 15 is 0 Å². The first-order valence-corrected chi connectivity index (χ1v) is 9.37. The fourth-order valence-electron chi connectivity index (χ4n) is 2.35. The van der Waals surface area contributed by atoms with Crippen molar-refractivity contribution in [3.8, 4) is 17.9 Å². The number of carbonyl (C=O) groups is 1. The number of thioether (sulfide) groups is 1. The van der Waals surface area contributed by atoms with Gasteiger partial charge in [0.1, 0.15) is 18.4 Å². The van der Waals surface area contributed by atoms with Crippen LogP contribution in [-0.2, 0) is 6.18 Å². The summed E-state index contributed by atoms with van der Waals surface area (Å²) in [6.45, 7) is 0.697. The van der Waals surface area contributed by atoms with E-state index in [-0.39, 0.29) is 11.1 Å². The molecule has 0 saturated carbocycles. The smallest absolute Gasteiger partial charge is 0.419 e. The third-order valence-corrected chi connectivity index (χ3v) is 4.62. The van der Waals surface area contributed by atoms with E-state index in [1.54, 1.807) is 6.07 Å². The summed E-state index contributed by atoms with van der Waals surface area (Å²) >= 11 is 0.940. The lowest BCUT2D eigenvalue weighted by molar-refractivity contribution is -0.139. The highest BCUT2D eigenvalue weighted by molar-refractivity contribution is 7.99. The number of nitriles is 2. The third-order valence-electron chi connectivity index (χ3n) is 3.91. The largest absolute Gasteiger partial charge is 0.489 e. The van der Waals surface area contributed by atoms with Gasteiger partial charge in [0, 0.05) is 10.5 Å². The topological polar surface area (TPSA) is 85.9 Å². The molecular formula is C20H15F4N3O2S. The zero-order valence-electron chi connectivity index (χ0n) is 15.6. The Hall–Kier alpha value is -3.24. The van der Waals surface area contributed by atoms with Gasteiger partial charge in [0.25, 0.3) is 5.91 Å². The molecule has 30 heavy (non-hydrogen) atoms. The number of rotatable bonds is 7. The van der Waals surface area contributed by atoms with Crippen LogP contribution in [0.15, 0.2) is 47.4 Å². The predicted octanol–water partition coefficient (Wildman–Crippen LogP) is 4.69. The van der Waals surface area contributed by atoms with Gasteiger partial charge in [-0.25, -0.2) is 4.39 Å². The lowest BCUT2D eigenvalue weighted by atomic mass is 10.0. The summed E-state index contributed by atoms with van der Waals surface area (Å²) in [5, 5.41) is 20.8. The van der Waals surface area contributed by atoms with Crippen molar-refractivity contribution in [2.45, 2.75) is 23.5 Å². The van der Waals surface area contributed by atoms with Gasteiger partial charge in [-0.05, 0) is 49.4 Å². The number of hydrogen-bond donors (Lipinski definition) is 1. The molecule has 0 heterocycles. The number of benzene rings is 2. The summed E-state index contributed by atoms with van der Waals surface area (Å²) in [5.74, 6) is -1.27. The van der Waals surface area contributed by atoms with E-state index in [2.05, 4.69) is 5.32 Å². The SMILES string of the molecule is C[C@](C#N)(COc1cc(C#N)ccc1C(F)(F)F)NC(=O)c1ccc(SCF)cc1. The van der Waals surface area contributed by atoms with Gasteiger partial charge < -0.3 is 10.1 Å². The maximum absolute atomic E-state index is 13.2. The Balaban J connectivity index is 2.17. The van der Waals surface area contributed by atoms with Crippen molar-refractivity contribution in [3.63, 3.8) is 0 Å². The van der Waals surface area contributed by atoms with Gasteiger partial charge in [0.15, 0.2) is 5.54 Å². The van der Waals surface area contributed by atoms with Crippen LogP contribution in [0, 0.1) is 22.7 Å². The van der Waals surface area contributed by atoms with Crippen LogP contribution in [-0.4, -0.2) is 24.1 Å². The van der Waals surface area contributed by atoms with Crippen LogP contribution in [0.2, 0.25) is 0 Å². The molecule has 2 rings (SSSR count). The molecule has 1 amide bonds. The number of nitrogens with one attached hydrogen (secondary N) is 1. The Labute approximate surface area is 174 Å². The highest BCUT2D eigenvalue weighted by atomic mass is 32.2. The van der Waals surface area contributed by atoms with Crippen molar-refractivity contribution in [2.24, 2.45) is 0 Å². The predicted molar refractivity (Wildman–Crippen MR) is 101 cm³/mol. The van der Waals surface area contributed by atoms with E-state index in [4.69, 9.17) is 10.00 Å². The third kappa shape index (κ3) is 5.88. The normalized spacial score (nSPS) is 12.9. The molecule has 0 radical (unpaired) electrons. The molecule has 0 aliphatic heterocycles. The van der Waals surface area contributed by atoms with Gasteiger partial charge in [0.05, 0.1) is 23.3 Å². The van der Waals surface area contributed by atoms with E-state index < -0.39 is 41.5 Å². The van der Waals surface area contributed by atoms with Crippen LogP contribution in [0.25, 0.3) is 0 Å². The molecule has 0 aliphatic rings. The van der Waals surface area contributed by atoms with Crippen LogP contribution in [0.1, 0.15) is 28.4 Å². The second kappa shape index (κ2) is 9.51. The van der Waals surface area contributed by atoms with Crippen LogP contribution in [0.5, 0.6) is 5.75 Å². The van der Waals surface area contributed by atoms with Crippen LogP contribution in [0.3, 0.4) is 0 Å². The molecule has 1 N–H and O–H groups in total. The minimum atomic E-state index is -4.73. The summed E-state index contributed by atoms with van der Waals surface area (Å²) in [4.78, 5) is 13.0. The first-order chi connectivity index (χ1) is 14.1. The van der Waals surface area contributed by atoms with Gasteiger partial charge in [-0.15, -0.1) is 0 Å². The molecule has 0 bridgehead atoms. The zero-order valence-corrected chi connectivity index (χ0v) is 16.4. The Morgan fingerprint density at radius 3 is 2.37 bits per heavy atom. The van der Waals surface area contributed by atoms with E-state index in [9.17, 15) is 27.6 Å². The second-order valence-corrected chi connectivity index (χ2v) is 7.26. The molecular weight excluding hydrogens is 422 g/mol. The van der Waals surface area contributed by atoms with E-state index in [1.165, 1.54) is 31.2 Å². The van der Waals surface area contributed by atoms with Gasteiger partial charge >= 0.3 is 6.18 Å². The maximum Gasteiger partial charge on any atom is 0.419 e. The van der Waals surface area contributed by atoms with Gasteiger partial charge in [0.2, 0.25) is 0 Å². The van der Waals surface area contributed by atoms with Crippen molar-refractivity contribution in [3.05, 3.63) is 59.2 Å². The number of amides is 1. The molecule has 0 unspecified atom stereocenters. The summed E-state index contributed by atoms with van der Waals surface area (Å²) in [6.07, 6.45) is -4.73. The number of nitrogens with zero attached hydrogens (tertiary/aromatic N) is 2. The van der Waals surface area contributed by atoms with E-state index in [0.29, 0.717) is 11.0 Å². The van der Waals surface area contributed by atoms with Gasteiger partial charge in [-0.2, -0.15) is 23.7 Å². The standard InChI is InChI=1S/C20H15F4N3O2S/c1-19(10-26,27-18(28)14-3-5-15(6-4-14)30-12-21)11-29-17-8-13(9-25)2-7-16(17)20(22,23)24/h2-8H,11-12H2,1H3,(H,27,28)/t19-/m0/s1. The van der Waals surface area contributed by atoms with Crippen molar-refractivity contribution >= 4 is 17.7 Å². The summed E-state index contributed by atoms with van der Waals surface area (Å²) in [5.41, 5.74) is -2.63. The van der Waals surface area contributed by atoms with Gasteiger partial charge in [-0.1, -0.05) is 11.8 Å². The van der Waals surface area contributed by atoms with E-state index in [0.717, 1.165) is 23.9 Å². The molecule has 0 fully saturated rings. The highest BCUT2D eigenvalue weighted by Gasteiger charge is 2.36. The quantitative estimate of drug-likeness (QED) is 0.502. The number of alkyl halides is 4. The number of halogens is 4. The molecule has 0 aromatic heterocycles. The fraction of sp³-hybridized carbons (Fsp3) is 0.250. The lowest BCUT2D eigenvalue weighted by Crippen LogP contribution is -2.49. The Morgan fingerprint density at radius 2 is 1.83 bits per heavy atom. The molecule has 0 aliphatic carbocycles. The van der Waals surface area contributed by atoms with Gasteiger partial charge in [-0.3, -0.25) is 4.79 Å². The Kier molecular flexibility index (Phi) is 7.30. The summed E-state index contributed by atoms with van der Waals surface area (Å²) < 4.78 is 57.1. The number of ether oxygens (including phenoxy) is 1. The van der Waals surface area contributed by atoms with Crippen LogP contribution in [0.4, 0.5) is 17.6 Å². The summed E-state index contributed by atoms with van der Waals surface area (Å²) in [7, 11) is 0. The van der Waals surface area contributed by atoms with Crippen molar-refractivity contribution in [1.82, 2.24) is 5.32 Å². The zero-order chi connectivity index (χ0) is 22.4. The number of hydrogen-bond acceptors (Lipinski definition) is 5. The molecule has 10 heteroatoms. The Bertz CT molecular complexity index is 997. The molecule has 2 aromatic carbocycles. The summed E-state index contributed by atoms with van der Waals surface area (Å²) in [6, 6.07) is 11.5. The molecule has 1 atom stereocenters. The fourth-order valence-corrected chi connectivity index (χ4v) is 2.81. The molecule has 5 nitrogen and oxygen atoms in total. The molecule has 0 saturated heterocycles. The average molecular weight is 437 g/mol. The Morgan fingerprint density at radius 1 is 1.17 bits per heavy atom. The number of carbonyl (C=O) groups excluding carboxylic acids is 1. The minimum absolute atomic E-state index is 0.0491. The second-order valence-electron chi connectivity index (χ2n) is 6.29. The molecule has 0 spiro atoms. The van der Waals surface area contributed by atoms with Crippen molar-refractivity contribution in [2.75, 3.05) is 12.6 Å². The highest BCUT2D eigenvalue weighted by Crippen LogP contribution is 2.37. The first kappa shape index (κ1) is 23.0. The molecule has 2 aromatic rings. The maximum atomic E-state index is 13.2. The minimum Gasteiger partial charge on any atom is -0.489 e. The molecule has 156 valence electrons. The van der Waals surface area contributed by atoms with E-state index in [1.807, 2.05) is 6.07 Å².